The van der Waals surface area contributed by atoms with Crippen LogP contribution in [0, 0.1) is 0 Å². The zero-order valence-electron chi connectivity index (χ0n) is 19.9. The van der Waals surface area contributed by atoms with Gasteiger partial charge >= 0.3 is 0 Å². The maximum absolute atomic E-state index is 13.3. The molecule has 0 aliphatic carbocycles. The van der Waals surface area contributed by atoms with E-state index >= 15 is 0 Å². The third-order valence-electron chi connectivity index (χ3n) is 6.44. The number of hydrogen-bond donors (Lipinski definition) is 2. The molecule has 10 heteroatoms. The summed E-state index contributed by atoms with van der Waals surface area (Å²) >= 11 is 12.7. The van der Waals surface area contributed by atoms with E-state index in [0.717, 1.165) is 16.5 Å². The van der Waals surface area contributed by atoms with Gasteiger partial charge in [0.2, 0.25) is 0 Å². The summed E-state index contributed by atoms with van der Waals surface area (Å²) in [7, 11) is 2.75. The predicted molar refractivity (Wildman–Crippen MR) is 139 cm³/mol. The largest absolute Gasteiger partial charge is 0.507 e. The van der Waals surface area contributed by atoms with Crippen LogP contribution in [0.3, 0.4) is 0 Å². The first kappa shape index (κ1) is 24.8. The Morgan fingerprint density at radius 3 is 2.57 bits per heavy atom. The Morgan fingerprint density at radius 2 is 1.86 bits per heavy atom. The number of amides is 1. The van der Waals surface area contributed by atoms with Crippen LogP contribution in [0.1, 0.15) is 22.9 Å². The standard InChI is InChI=1S/C27H22Cl2N2O6/c1-35-25-16(12-17(28)26(36-2)21(25)29)23(32)20-22(19-8-5-11-37-19)31(27(34)24(20)33)10-9-14-13-30-18-7-4-3-6-15(14)18/h3-8,11-13,22,30,32H,9-10H2,1-2H3/b23-20-. The lowest BCUT2D eigenvalue weighted by molar-refractivity contribution is -0.140. The van der Waals surface area contributed by atoms with Crippen molar-refractivity contribution in [2.75, 3.05) is 20.8 Å². The first-order valence-corrected chi connectivity index (χ1v) is 12.1. The van der Waals surface area contributed by atoms with Crippen LogP contribution in [0.15, 0.2) is 64.9 Å². The molecule has 0 bridgehead atoms. The van der Waals surface area contributed by atoms with E-state index in [0.29, 0.717) is 12.2 Å². The minimum absolute atomic E-state index is 0.0159. The molecule has 190 valence electrons. The van der Waals surface area contributed by atoms with Gasteiger partial charge in [-0.05, 0) is 36.2 Å². The summed E-state index contributed by atoms with van der Waals surface area (Å²) in [6.07, 6.45) is 3.80. The van der Waals surface area contributed by atoms with Crippen LogP contribution in [0.5, 0.6) is 11.5 Å². The van der Waals surface area contributed by atoms with E-state index in [1.54, 1.807) is 12.1 Å². The number of nitrogens with one attached hydrogen (secondary N) is 1. The molecule has 1 unspecified atom stereocenters. The van der Waals surface area contributed by atoms with E-state index in [9.17, 15) is 14.7 Å². The Kier molecular flexibility index (Phi) is 6.62. The van der Waals surface area contributed by atoms with Gasteiger partial charge in [-0.2, -0.15) is 0 Å². The molecule has 1 amide bonds. The fourth-order valence-electron chi connectivity index (χ4n) is 4.72. The number of H-pyrrole nitrogens is 1. The van der Waals surface area contributed by atoms with Crippen LogP contribution < -0.4 is 9.47 Å². The lowest BCUT2D eigenvalue weighted by atomic mass is 9.98. The number of Topliss-reactive ketones (excluding diaryl/α,β-unsaturated/α-hetero) is 1. The summed E-state index contributed by atoms with van der Waals surface area (Å²) in [5.41, 5.74) is 1.85. The number of para-hydroxylation sites is 1. The second-order valence-electron chi connectivity index (χ2n) is 8.40. The number of aromatic amines is 1. The minimum atomic E-state index is -0.968. The second-order valence-corrected chi connectivity index (χ2v) is 9.19. The lowest BCUT2D eigenvalue weighted by Crippen LogP contribution is -2.31. The first-order valence-electron chi connectivity index (χ1n) is 11.3. The van der Waals surface area contributed by atoms with Crippen LogP contribution in [0.2, 0.25) is 10.0 Å². The minimum Gasteiger partial charge on any atom is -0.507 e. The molecule has 2 aromatic heterocycles. The molecule has 37 heavy (non-hydrogen) atoms. The third-order valence-corrected chi connectivity index (χ3v) is 7.07. The smallest absolute Gasteiger partial charge is 0.295 e. The maximum Gasteiger partial charge on any atom is 0.295 e. The van der Waals surface area contributed by atoms with Crippen LogP contribution in [-0.2, 0) is 16.0 Å². The van der Waals surface area contributed by atoms with Crippen molar-refractivity contribution in [3.63, 3.8) is 0 Å². The second kappa shape index (κ2) is 9.88. The average molecular weight is 541 g/mol. The van der Waals surface area contributed by atoms with E-state index < -0.39 is 23.5 Å². The molecule has 2 aromatic carbocycles. The molecular weight excluding hydrogens is 519 g/mol. The normalized spacial score (nSPS) is 17.1. The number of nitrogens with zero attached hydrogens (tertiary/aromatic N) is 1. The van der Waals surface area contributed by atoms with Gasteiger partial charge in [0, 0.05) is 23.6 Å². The Bertz CT molecular complexity index is 1540. The van der Waals surface area contributed by atoms with E-state index in [2.05, 4.69) is 4.98 Å². The number of halogens is 2. The van der Waals surface area contributed by atoms with E-state index in [1.165, 1.54) is 31.4 Å². The quantitative estimate of drug-likeness (QED) is 0.175. The molecular formula is C27H22Cl2N2O6. The summed E-state index contributed by atoms with van der Waals surface area (Å²) in [4.78, 5) is 31.2. The molecule has 1 aliphatic rings. The molecule has 5 rings (SSSR count). The molecule has 1 saturated heterocycles. The van der Waals surface area contributed by atoms with Gasteiger partial charge in [0.1, 0.15) is 22.6 Å². The number of ether oxygens (including phenoxy) is 2. The average Bonchev–Trinajstić information content (AvgIpc) is 3.62. The Balaban J connectivity index is 1.60. The predicted octanol–water partition coefficient (Wildman–Crippen LogP) is 5.75. The molecule has 1 atom stereocenters. The summed E-state index contributed by atoms with van der Waals surface area (Å²) in [5, 5.41) is 12.5. The van der Waals surface area contributed by atoms with Gasteiger partial charge in [-0.15, -0.1) is 0 Å². The molecule has 0 spiro atoms. The molecule has 1 aliphatic heterocycles. The monoisotopic (exact) mass is 540 g/mol. The number of carbonyl (C=O) groups excluding carboxylic acids is 2. The fourth-order valence-corrected chi connectivity index (χ4v) is 5.41. The van der Waals surface area contributed by atoms with Crippen molar-refractivity contribution in [1.82, 2.24) is 9.88 Å². The molecule has 2 N–H and O–H groups in total. The Hall–Kier alpha value is -3.88. The van der Waals surface area contributed by atoms with Crippen molar-refractivity contribution >= 4 is 51.6 Å². The lowest BCUT2D eigenvalue weighted by Gasteiger charge is -2.23. The van der Waals surface area contributed by atoms with Crippen molar-refractivity contribution in [3.8, 4) is 11.5 Å². The van der Waals surface area contributed by atoms with E-state index in [1.807, 2.05) is 30.5 Å². The third kappa shape index (κ3) is 4.12. The topological polar surface area (TPSA) is 105 Å². The summed E-state index contributed by atoms with van der Waals surface area (Å²) in [6, 6.07) is 11.5. The number of furan rings is 1. The van der Waals surface area contributed by atoms with Gasteiger partial charge in [-0.3, -0.25) is 9.59 Å². The van der Waals surface area contributed by atoms with Gasteiger partial charge < -0.3 is 28.9 Å². The van der Waals surface area contributed by atoms with Crippen LogP contribution >= 0.6 is 23.2 Å². The van der Waals surface area contributed by atoms with Crippen molar-refractivity contribution in [2.45, 2.75) is 12.5 Å². The maximum atomic E-state index is 13.3. The number of ketones is 1. The van der Waals surface area contributed by atoms with Crippen LogP contribution in [-0.4, -0.2) is 47.4 Å². The first-order chi connectivity index (χ1) is 17.9. The van der Waals surface area contributed by atoms with Crippen molar-refractivity contribution < 1.29 is 28.6 Å². The highest BCUT2D eigenvalue weighted by Gasteiger charge is 2.47. The summed E-state index contributed by atoms with van der Waals surface area (Å²) < 4.78 is 16.2. The van der Waals surface area contributed by atoms with Gasteiger partial charge in [0.05, 0.1) is 36.6 Å². The van der Waals surface area contributed by atoms with E-state index in [-0.39, 0.29) is 39.2 Å². The van der Waals surface area contributed by atoms with Gasteiger partial charge in [-0.1, -0.05) is 41.4 Å². The number of rotatable bonds is 7. The molecule has 0 saturated carbocycles. The Labute approximate surface area is 222 Å². The summed E-state index contributed by atoms with van der Waals surface area (Å²) in [5.74, 6) is -1.58. The van der Waals surface area contributed by atoms with Crippen LogP contribution in [0.25, 0.3) is 16.7 Å². The number of methoxy groups -OCH3 is 2. The van der Waals surface area contributed by atoms with Gasteiger partial charge in [0.15, 0.2) is 11.5 Å². The number of carbonyl (C=O) groups is 2. The fraction of sp³-hybridized carbons (Fsp3) is 0.185. The van der Waals surface area contributed by atoms with Crippen molar-refractivity contribution in [1.29, 1.82) is 0 Å². The number of fused-ring (bicyclic) bond motifs is 1. The van der Waals surface area contributed by atoms with Gasteiger partial charge in [-0.25, -0.2) is 0 Å². The van der Waals surface area contributed by atoms with Gasteiger partial charge in [0.25, 0.3) is 11.7 Å². The van der Waals surface area contributed by atoms with Crippen LogP contribution in [0.4, 0.5) is 0 Å². The highest BCUT2D eigenvalue weighted by atomic mass is 35.5. The SMILES string of the molecule is COc1c(Cl)cc(/C(O)=C2/C(=O)C(=O)N(CCc3c[nH]c4ccccc34)C2c2ccco2)c(OC)c1Cl. The number of aliphatic hydroxyl groups excluding tert-OH is 1. The number of benzene rings is 2. The number of likely N-dealkylation sites (tertiary alicyclic amines) is 1. The number of aliphatic hydroxyl groups is 1. The summed E-state index contributed by atoms with van der Waals surface area (Å²) in [6.45, 7) is 0.204. The zero-order valence-corrected chi connectivity index (χ0v) is 21.4. The number of aromatic nitrogens is 1. The molecule has 3 heterocycles. The molecule has 8 nitrogen and oxygen atoms in total. The Morgan fingerprint density at radius 1 is 1.11 bits per heavy atom. The molecule has 0 radical (unpaired) electrons. The molecule has 4 aromatic rings. The molecule has 1 fully saturated rings. The highest BCUT2D eigenvalue weighted by molar-refractivity contribution is 6.47. The van der Waals surface area contributed by atoms with Crippen molar-refractivity contribution in [3.05, 3.63) is 87.4 Å². The van der Waals surface area contributed by atoms with E-state index in [4.69, 9.17) is 37.1 Å². The van der Waals surface area contributed by atoms with Crippen molar-refractivity contribution in [2.24, 2.45) is 0 Å². The number of hydrogen-bond acceptors (Lipinski definition) is 6. The zero-order chi connectivity index (χ0) is 26.3. The highest BCUT2D eigenvalue weighted by Crippen LogP contribution is 2.47.